The molecule has 0 atom stereocenters. The molecule has 0 bridgehead atoms. The van der Waals surface area contributed by atoms with Crippen LogP contribution in [0.2, 0.25) is 0 Å². The first-order valence-corrected chi connectivity index (χ1v) is 6.76. The molecule has 92 valence electrons. The van der Waals surface area contributed by atoms with E-state index in [1.165, 1.54) is 17.0 Å². The van der Waals surface area contributed by atoms with Gasteiger partial charge in [-0.3, -0.25) is 4.40 Å². The first kappa shape index (κ1) is 12.3. The van der Waals surface area contributed by atoms with Crippen molar-refractivity contribution in [3.8, 4) is 0 Å². The predicted octanol–water partition coefficient (Wildman–Crippen LogP) is 3.01. The zero-order valence-electron chi connectivity index (χ0n) is 10.8. The summed E-state index contributed by atoms with van der Waals surface area (Å²) >= 11 is 1.68. The van der Waals surface area contributed by atoms with Gasteiger partial charge < -0.3 is 5.73 Å². The van der Waals surface area contributed by atoms with E-state index < -0.39 is 0 Å². The van der Waals surface area contributed by atoms with Gasteiger partial charge in [0, 0.05) is 17.6 Å². The Kier molecular flexibility index (Phi) is 3.35. The number of hydrogen-bond donors (Lipinski definition) is 1. The van der Waals surface area contributed by atoms with Crippen LogP contribution in [-0.4, -0.2) is 15.9 Å². The number of nitrogens with two attached hydrogens (primary N) is 1. The Morgan fingerprint density at radius 2 is 2.24 bits per heavy atom. The van der Waals surface area contributed by atoms with Crippen molar-refractivity contribution in [1.82, 2.24) is 9.38 Å². The van der Waals surface area contributed by atoms with Crippen LogP contribution in [-0.2, 0) is 0 Å². The molecule has 0 aliphatic rings. The van der Waals surface area contributed by atoms with Gasteiger partial charge in [-0.05, 0) is 25.8 Å². The maximum absolute atomic E-state index is 5.80. The number of nitrogens with zero attached hydrogens (tertiary/aromatic N) is 2. The van der Waals surface area contributed by atoms with Gasteiger partial charge in [-0.1, -0.05) is 19.4 Å². The Balaban J connectivity index is 2.61. The second-order valence-corrected chi connectivity index (χ2v) is 5.49. The number of rotatable bonds is 3. The minimum atomic E-state index is 0.476. The highest BCUT2D eigenvalue weighted by Gasteiger charge is 2.11. The Labute approximate surface area is 106 Å². The fourth-order valence-corrected chi connectivity index (χ4v) is 2.85. The van der Waals surface area contributed by atoms with Crippen molar-refractivity contribution in [3.63, 3.8) is 0 Å². The lowest BCUT2D eigenvalue weighted by atomic mass is 10.0. The summed E-state index contributed by atoms with van der Waals surface area (Å²) in [6, 6.07) is 0. The first-order chi connectivity index (χ1) is 8.04. The Hall–Kier alpha value is -1.13. The third kappa shape index (κ3) is 2.15. The van der Waals surface area contributed by atoms with Crippen LogP contribution in [0.5, 0.6) is 0 Å². The third-order valence-electron chi connectivity index (χ3n) is 3.05. The zero-order chi connectivity index (χ0) is 12.6. The van der Waals surface area contributed by atoms with Crippen molar-refractivity contribution < 1.29 is 0 Å². The van der Waals surface area contributed by atoms with E-state index in [0.717, 1.165) is 10.7 Å². The summed E-state index contributed by atoms with van der Waals surface area (Å²) in [7, 11) is 0. The molecule has 0 radical (unpaired) electrons. The van der Waals surface area contributed by atoms with Gasteiger partial charge in [0.25, 0.3) is 0 Å². The van der Waals surface area contributed by atoms with E-state index in [9.17, 15) is 0 Å². The number of hydrogen-bond acceptors (Lipinski definition) is 3. The highest BCUT2D eigenvalue weighted by atomic mass is 32.1. The van der Waals surface area contributed by atoms with Crippen LogP contribution < -0.4 is 5.73 Å². The molecule has 2 aromatic heterocycles. The Bertz CT molecular complexity index is 560. The number of imidazole rings is 1. The van der Waals surface area contributed by atoms with Gasteiger partial charge in [-0.2, -0.15) is 0 Å². The first-order valence-electron chi connectivity index (χ1n) is 5.88. The highest BCUT2D eigenvalue weighted by Crippen LogP contribution is 2.23. The van der Waals surface area contributed by atoms with E-state index in [4.69, 9.17) is 5.73 Å². The molecule has 0 saturated carbocycles. The molecule has 2 N–H and O–H groups in total. The average molecular weight is 249 g/mol. The summed E-state index contributed by atoms with van der Waals surface area (Å²) in [6.45, 7) is 9.12. The van der Waals surface area contributed by atoms with Crippen LogP contribution in [0.3, 0.4) is 0 Å². The monoisotopic (exact) mass is 249 g/mol. The van der Waals surface area contributed by atoms with E-state index in [2.05, 4.69) is 48.5 Å². The lowest BCUT2D eigenvalue weighted by Gasteiger charge is -2.08. The van der Waals surface area contributed by atoms with Crippen LogP contribution >= 0.6 is 11.3 Å². The second kappa shape index (κ2) is 4.63. The van der Waals surface area contributed by atoms with Gasteiger partial charge in [-0.25, -0.2) is 4.98 Å². The third-order valence-corrected chi connectivity index (χ3v) is 4.00. The standard InChI is InChI=1S/C13H19N3S/c1-8(2)11(6-14)5-12-10(4)15-13-16(12)9(3)7-17-13/h5,7-8H,6,14H2,1-4H3. The van der Waals surface area contributed by atoms with Crippen LogP contribution in [0.25, 0.3) is 11.0 Å². The molecule has 0 aliphatic carbocycles. The molecule has 0 aliphatic heterocycles. The fourth-order valence-electron chi connectivity index (χ4n) is 1.93. The molecule has 0 aromatic carbocycles. The molecule has 4 heteroatoms. The largest absolute Gasteiger partial charge is 0.327 e. The van der Waals surface area contributed by atoms with E-state index in [1.54, 1.807) is 11.3 Å². The van der Waals surface area contributed by atoms with E-state index in [-0.39, 0.29) is 0 Å². The number of thiazole rings is 1. The minimum Gasteiger partial charge on any atom is -0.327 e. The van der Waals surface area contributed by atoms with E-state index >= 15 is 0 Å². The second-order valence-electron chi connectivity index (χ2n) is 4.66. The number of aryl methyl sites for hydroxylation is 2. The van der Waals surface area contributed by atoms with Gasteiger partial charge in [0.15, 0.2) is 4.96 Å². The molecule has 2 heterocycles. The normalized spacial score (nSPS) is 12.9. The summed E-state index contributed by atoms with van der Waals surface area (Å²) in [5, 5.41) is 2.14. The van der Waals surface area contributed by atoms with Crippen LogP contribution in [0, 0.1) is 19.8 Å². The molecule has 3 nitrogen and oxygen atoms in total. The summed E-state index contributed by atoms with van der Waals surface area (Å²) in [6.07, 6.45) is 2.19. The van der Waals surface area contributed by atoms with Gasteiger partial charge in [0.2, 0.25) is 0 Å². The fraction of sp³-hybridized carbons (Fsp3) is 0.462. The topological polar surface area (TPSA) is 43.3 Å². The molecular weight excluding hydrogens is 230 g/mol. The van der Waals surface area contributed by atoms with Gasteiger partial charge in [-0.15, -0.1) is 11.3 Å². The number of aromatic nitrogens is 2. The van der Waals surface area contributed by atoms with E-state index in [0.29, 0.717) is 12.5 Å². The predicted molar refractivity (Wildman–Crippen MR) is 74.4 cm³/mol. The SMILES string of the molecule is Cc1nc2scc(C)n2c1C=C(CN)C(C)C. The Morgan fingerprint density at radius 1 is 1.53 bits per heavy atom. The molecule has 0 unspecified atom stereocenters. The maximum Gasteiger partial charge on any atom is 0.194 e. The summed E-state index contributed by atoms with van der Waals surface area (Å²) in [5.41, 5.74) is 10.5. The molecule has 2 rings (SSSR count). The Morgan fingerprint density at radius 3 is 2.82 bits per heavy atom. The summed E-state index contributed by atoms with van der Waals surface area (Å²) in [4.78, 5) is 5.64. The average Bonchev–Trinajstić information content (AvgIpc) is 2.76. The van der Waals surface area contributed by atoms with Crippen molar-refractivity contribution in [1.29, 1.82) is 0 Å². The molecule has 0 saturated heterocycles. The van der Waals surface area contributed by atoms with Gasteiger partial charge >= 0.3 is 0 Å². The van der Waals surface area contributed by atoms with Crippen molar-refractivity contribution in [2.24, 2.45) is 11.7 Å². The quantitative estimate of drug-likeness (QED) is 0.908. The smallest absolute Gasteiger partial charge is 0.194 e. The van der Waals surface area contributed by atoms with Crippen molar-refractivity contribution in [2.45, 2.75) is 27.7 Å². The molecule has 0 fully saturated rings. The number of fused-ring (bicyclic) bond motifs is 1. The summed E-state index contributed by atoms with van der Waals surface area (Å²) in [5.74, 6) is 0.476. The lowest BCUT2D eigenvalue weighted by Crippen LogP contribution is -2.08. The molecule has 0 amide bonds. The van der Waals surface area contributed by atoms with Gasteiger partial charge in [0.1, 0.15) is 0 Å². The van der Waals surface area contributed by atoms with Gasteiger partial charge in [0.05, 0.1) is 11.4 Å². The summed E-state index contributed by atoms with van der Waals surface area (Å²) < 4.78 is 2.21. The van der Waals surface area contributed by atoms with Crippen LogP contribution in [0.4, 0.5) is 0 Å². The van der Waals surface area contributed by atoms with Crippen LogP contribution in [0.15, 0.2) is 11.0 Å². The van der Waals surface area contributed by atoms with E-state index in [1.807, 2.05) is 0 Å². The highest BCUT2D eigenvalue weighted by molar-refractivity contribution is 7.15. The molecule has 17 heavy (non-hydrogen) atoms. The van der Waals surface area contributed by atoms with Crippen molar-refractivity contribution in [2.75, 3.05) is 6.54 Å². The lowest BCUT2D eigenvalue weighted by molar-refractivity contribution is 0.752. The molecule has 0 spiro atoms. The molecule has 2 aromatic rings. The minimum absolute atomic E-state index is 0.476. The van der Waals surface area contributed by atoms with Crippen LogP contribution in [0.1, 0.15) is 30.9 Å². The zero-order valence-corrected chi connectivity index (χ0v) is 11.6. The van der Waals surface area contributed by atoms with Crippen molar-refractivity contribution >= 4 is 22.4 Å². The van der Waals surface area contributed by atoms with Crippen molar-refractivity contribution in [3.05, 3.63) is 28.0 Å². The maximum atomic E-state index is 5.80. The molecular formula is C13H19N3S.